The monoisotopic (exact) mass is 352 g/mol. The van der Waals surface area contributed by atoms with E-state index in [4.69, 9.17) is 0 Å². The molecule has 0 radical (unpaired) electrons. The first kappa shape index (κ1) is 18.2. The molecule has 4 aliphatic rings. The van der Waals surface area contributed by atoms with Crippen molar-refractivity contribution in [1.82, 2.24) is 0 Å². The third-order valence-electron chi connectivity index (χ3n) is 9.38. The van der Waals surface area contributed by atoms with Gasteiger partial charge in [-0.2, -0.15) is 0 Å². The summed E-state index contributed by atoms with van der Waals surface area (Å²) in [5.41, 5.74) is -0.176. The molecule has 144 valence electrons. The van der Waals surface area contributed by atoms with Crippen LogP contribution in [0.1, 0.15) is 65.7 Å². The SMILES string of the molecule is C[C@H](O)[C@H]1[C@@H](O)C[C@H]2[C@@H]3CC[C@H]4C[C@@H](O)CC[C@]4(C)[C@H]3C[C@@H](O)[C@]12C. The van der Waals surface area contributed by atoms with Crippen LogP contribution in [0.4, 0.5) is 0 Å². The van der Waals surface area contributed by atoms with Crippen molar-refractivity contribution in [3.05, 3.63) is 0 Å². The third-order valence-corrected chi connectivity index (χ3v) is 9.38. The van der Waals surface area contributed by atoms with Gasteiger partial charge in [0.2, 0.25) is 0 Å². The molecule has 0 saturated heterocycles. The molecule has 4 fully saturated rings. The summed E-state index contributed by atoms with van der Waals surface area (Å²) in [6.45, 7) is 6.28. The lowest BCUT2D eigenvalue weighted by molar-refractivity contribution is -0.180. The van der Waals surface area contributed by atoms with Gasteiger partial charge < -0.3 is 20.4 Å². The number of hydrogen-bond acceptors (Lipinski definition) is 4. The Morgan fingerprint density at radius 1 is 0.920 bits per heavy atom. The zero-order valence-electron chi connectivity index (χ0n) is 15.9. The van der Waals surface area contributed by atoms with Crippen LogP contribution in [0.3, 0.4) is 0 Å². The molecule has 0 spiro atoms. The predicted molar refractivity (Wildman–Crippen MR) is 95.7 cm³/mol. The summed E-state index contributed by atoms with van der Waals surface area (Å²) in [7, 11) is 0. The van der Waals surface area contributed by atoms with E-state index in [-0.39, 0.29) is 22.9 Å². The van der Waals surface area contributed by atoms with Crippen molar-refractivity contribution in [1.29, 1.82) is 0 Å². The first-order valence-electron chi connectivity index (χ1n) is 10.4. The van der Waals surface area contributed by atoms with Gasteiger partial charge in [-0.3, -0.25) is 0 Å². The van der Waals surface area contributed by atoms with Gasteiger partial charge in [0.05, 0.1) is 24.4 Å². The van der Waals surface area contributed by atoms with Gasteiger partial charge in [0.25, 0.3) is 0 Å². The fraction of sp³-hybridized carbons (Fsp3) is 1.00. The van der Waals surface area contributed by atoms with Gasteiger partial charge in [0, 0.05) is 11.3 Å². The van der Waals surface area contributed by atoms with Gasteiger partial charge in [-0.25, -0.2) is 0 Å². The molecule has 0 amide bonds. The number of rotatable bonds is 1. The average molecular weight is 353 g/mol. The van der Waals surface area contributed by atoms with Crippen molar-refractivity contribution in [2.24, 2.45) is 40.4 Å². The van der Waals surface area contributed by atoms with E-state index in [0.29, 0.717) is 30.1 Å². The fourth-order valence-electron chi connectivity index (χ4n) is 8.11. The molecule has 0 heterocycles. The van der Waals surface area contributed by atoms with Crippen LogP contribution >= 0.6 is 0 Å². The molecule has 0 bridgehead atoms. The van der Waals surface area contributed by atoms with E-state index < -0.39 is 18.3 Å². The van der Waals surface area contributed by atoms with Crippen molar-refractivity contribution in [3.63, 3.8) is 0 Å². The smallest absolute Gasteiger partial charge is 0.0604 e. The Bertz CT molecular complexity index is 522. The molecule has 11 atom stereocenters. The van der Waals surface area contributed by atoms with Gasteiger partial charge >= 0.3 is 0 Å². The van der Waals surface area contributed by atoms with E-state index in [9.17, 15) is 20.4 Å². The fourth-order valence-corrected chi connectivity index (χ4v) is 8.11. The Kier molecular flexibility index (Phi) is 4.31. The zero-order chi connectivity index (χ0) is 18.1. The van der Waals surface area contributed by atoms with Crippen LogP contribution < -0.4 is 0 Å². The zero-order valence-corrected chi connectivity index (χ0v) is 15.9. The van der Waals surface area contributed by atoms with Gasteiger partial charge in [0.1, 0.15) is 0 Å². The topological polar surface area (TPSA) is 80.9 Å². The molecule has 0 aliphatic heterocycles. The van der Waals surface area contributed by atoms with Crippen LogP contribution in [0, 0.1) is 40.4 Å². The highest BCUT2D eigenvalue weighted by Gasteiger charge is 2.65. The Morgan fingerprint density at radius 3 is 2.32 bits per heavy atom. The maximum Gasteiger partial charge on any atom is 0.0604 e. The molecule has 25 heavy (non-hydrogen) atoms. The van der Waals surface area contributed by atoms with E-state index in [2.05, 4.69) is 13.8 Å². The molecule has 4 rings (SSSR count). The van der Waals surface area contributed by atoms with E-state index in [1.54, 1.807) is 6.92 Å². The van der Waals surface area contributed by atoms with Crippen LogP contribution in [0.2, 0.25) is 0 Å². The number of aliphatic hydroxyl groups is 4. The van der Waals surface area contributed by atoms with Crippen LogP contribution in [0.15, 0.2) is 0 Å². The number of hydrogen-bond donors (Lipinski definition) is 4. The van der Waals surface area contributed by atoms with Crippen LogP contribution in [-0.2, 0) is 0 Å². The minimum Gasteiger partial charge on any atom is -0.393 e. The average Bonchev–Trinajstić information content (AvgIpc) is 2.81. The van der Waals surface area contributed by atoms with Gasteiger partial charge in [-0.15, -0.1) is 0 Å². The van der Waals surface area contributed by atoms with Crippen molar-refractivity contribution in [2.75, 3.05) is 0 Å². The summed E-state index contributed by atoms with van der Waals surface area (Å²) in [6.07, 6.45) is 4.94. The lowest BCUT2D eigenvalue weighted by atomic mass is 9.44. The largest absolute Gasteiger partial charge is 0.393 e. The van der Waals surface area contributed by atoms with E-state index >= 15 is 0 Å². The van der Waals surface area contributed by atoms with Crippen molar-refractivity contribution < 1.29 is 20.4 Å². The maximum atomic E-state index is 11.2. The summed E-state index contributed by atoms with van der Waals surface area (Å²) in [5, 5.41) is 42.3. The second kappa shape index (κ2) is 5.92. The minimum absolute atomic E-state index is 0.152. The molecule has 4 heteroatoms. The lowest BCUT2D eigenvalue weighted by Gasteiger charge is -2.62. The van der Waals surface area contributed by atoms with Crippen LogP contribution in [-0.4, -0.2) is 44.8 Å². The molecule has 0 aromatic heterocycles. The molecular formula is C21H36O4. The molecule has 0 unspecified atom stereocenters. The normalized spacial score (nSPS) is 59.6. The maximum absolute atomic E-state index is 11.2. The summed E-state index contributed by atoms with van der Waals surface area (Å²) < 4.78 is 0. The second-order valence-corrected chi connectivity index (χ2v) is 10.3. The molecule has 4 nitrogen and oxygen atoms in total. The van der Waals surface area contributed by atoms with Crippen molar-refractivity contribution >= 4 is 0 Å². The molecule has 0 aromatic carbocycles. The standard InChI is InChI=1S/C21H36O4/c1-11(22)19-17(24)9-16-14-5-4-12-8-13(23)6-7-20(12,2)15(14)10-18(25)21(16,19)3/h11-19,22-25H,4-10H2,1-3H3/t11-,12-,13-,14+,15-,16-,17-,18+,19-,20-,21+/m0/s1. The quantitative estimate of drug-likeness (QED) is 0.584. The highest BCUT2D eigenvalue weighted by Crippen LogP contribution is 2.67. The highest BCUT2D eigenvalue weighted by molar-refractivity contribution is 5.14. The van der Waals surface area contributed by atoms with Crippen molar-refractivity contribution in [3.8, 4) is 0 Å². The third kappa shape index (κ3) is 2.40. The molecular weight excluding hydrogens is 316 g/mol. The van der Waals surface area contributed by atoms with Gasteiger partial charge in [-0.1, -0.05) is 13.8 Å². The Morgan fingerprint density at radius 2 is 1.64 bits per heavy atom. The first-order valence-corrected chi connectivity index (χ1v) is 10.4. The van der Waals surface area contributed by atoms with Gasteiger partial charge in [-0.05, 0) is 81.0 Å². The molecule has 4 saturated carbocycles. The minimum atomic E-state index is -0.590. The molecule has 4 N–H and O–H groups in total. The number of fused-ring (bicyclic) bond motifs is 5. The summed E-state index contributed by atoms with van der Waals surface area (Å²) >= 11 is 0. The van der Waals surface area contributed by atoms with Crippen molar-refractivity contribution in [2.45, 2.75) is 90.1 Å². The van der Waals surface area contributed by atoms with E-state index in [1.807, 2.05) is 0 Å². The Balaban J connectivity index is 1.68. The molecule has 0 aromatic rings. The Labute approximate surface area is 151 Å². The molecule has 4 aliphatic carbocycles. The van der Waals surface area contributed by atoms with Gasteiger partial charge in [0.15, 0.2) is 0 Å². The van der Waals surface area contributed by atoms with E-state index in [0.717, 1.165) is 38.5 Å². The van der Waals surface area contributed by atoms with E-state index in [1.165, 1.54) is 0 Å². The summed E-state index contributed by atoms with van der Waals surface area (Å²) in [5.74, 6) is 1.63. The van der Waals surface area contributed by atoms with Crippen LogP contribution in [0.25, 0.3) is 0 Å². The first-order chi connectivity index (χ1) is 11.7. The summed E-state index contributed by atoms with van der Waals surface area (Å²) in [6, 6.07) is 0. The van der Waals surface area contributed by atoms with Crippen LogP contribution in [0.5, 0.6) is 0 Å². The lowest BCUT2D eigenvalue weighted by Crippen LogP contribution is -2.59. The Hall–Kier alpha value is -0.160. The predicted octanol–water partition coefficient (Wildman–Crippen LogP) is 2.33. The second-order valence-electron chi connectivity index (χ2n) is 10.3. The number of aliphatic hydroxyl groups excluding tert-OH is 4. The summed E-state index contributed by atoms with van der Waals surface area (Å²) in [4.78, 5) is 0. The highest BCUT2D eigenvalue weighted by atomic mass is 16.3.